The summed E-state index contributed by atoms with van der Waals surface area (Å²) in [6.07, 6.45) is 5.13. The van der Waals surface area contributed by atoms with Gasteiger partial charge in [0.15, 0.2) is 5.82 Å². The summed E-state index contributed by atoms with van der Waals surface area (Å²) in [6.45, 7) is 0.0401. The second-order valence-electron chi connectivity index (χ2n) is 6.55. The standard InChI is InChI=1S/C20H16N8O/c21-20-19-14(10-28(27-19)11-18(29)25-17-3-1-2-7-22-17)13-5-4-12(9-16(13)24-20)15-6-8-23-26-15/h1-10H,11H2,(H2,21,24)(H,23,26)(H,22,25,29). The number of carbonyl (C=O) groups excluding carboxylic acids is 1. The minimum absolute atomic E-state index is 0.0401. The molecule has 0 unspecified atom stereocenters. The maximum atomic E-state index is 12.3. The predicted octanol–water partition coefficient (Wildman–Crippen LogP) is 2.59. The fourth-order valence-electron chi connectivity index (χ4n) is 3.27. The minimum Gasteiger partial charge on any atom is -0.382 e. The molecule has 5 rings (SSSR count). The molecular formula is C20H16N8O. The molecule has 0 bridgehead atoms. The van der Waals surface area contributed by atoms with Crippen molar-refractivity contribution in [2.75, 3.05) is 11.1 Å². The number of nitrogen functional groups attached to an aromatic ring is 1. The van der Waals surface area contributed by atoms with E-state index in [1.165, 1.54) is 0 Å². The summed E-state index contributed by atoms with van der Waals surface area (Å²) in [7, 11) is 0. The highest BCUT2D eigenvalue weighted by atomic mass is 16.2. The van der Waals surface area contributed by atoms with Crippen molar-refractivity contribution in [2.24, 2.45) is 0 Å². The average molecular weight is 384 g/mol. The summed E-state index contributed by atoms with van der Waals surface area (Å²) in [5.74, 6) is 0.583. The van der Waals surface area contributed by atoms with Gasteiger partial charge in [0.25, 0.3) is 0 Å². The van der Waals surface area contributed by atoms with E-state index >= 15 is 0 Å². The van der Waals surface area contributed by atoms with Gasteiger partial charge in [-0.05, 0) is 24.3 Å². The van der Waals surface area contributed by atoms with Crippen molar-refractivity contribution in [1.82, 2.24) is 29.9 Å². The molecule has 1 amide bonds. The Kier molecular flexibility index (Phi) is 3.91. The normalized spacial score (nSPS) is 11.2. The molecule has 0 spiro atoms. The van der Waals surface area contributed by atoms with E-state index in [0.29, 0.717) is 17.2 Å². The molecule has 0 saturated heterocycles. The van der Waals surface area contributed by atoms with Gasteiger partial charge in [0.1, 0.15) is 17.9 Å². The third-order valence-electron chi connectivity index (χ3n) is 4.58. The molecule has 9 heteroatoms. The summed E-state index contributed by atoms with van der Waals surface area (Å²) in [4.78, 5) is 20.9. The lowest BCUT2D eigenvalue weighted by atomic mass is 10.1. The summed E-state index contributed by atoms with van der Waals surface area (Å²) in [5.41, 5.74) is 9.32. The van der Waals surface area contributed by atoms with E-state index in [1.807, 2.05) is 30.5 Å². The molecule has 0 aliphatic carbocycles. The van der Waals surface area contributed by atoms with E-state index in [4.69, 9.17) is 5.73 Å². The first-order valence-corrected chi connectivity index (χ1v) is 8.94. The number of anilines is 2. The molecule has 0 radical (unpaired) electrons. The summed E-state index contributed by atoms with van der Waals surface area (Å²) in [5, 5.41) is 15.9. The molecule has 0 atom stereocenters. The number of nitrogens with one attached hydrogen (secondary N) is 2. The molecule has 0 aliphatic heterocycles. The van der Waals surface area contributed by atoms with Crippen LogP contribution < -0.4 is 11.1 Å². The topological polar surface area (TPSA) is 127 Å². The van der Waals surface area contributed by atoms with Crippen molar-refractivity contribution in [1.29, 1.82) is 0 Å². The van der Waals surface area contributed by atoms with Gasteiger partial charge in [-0.3, -0.25) is 14.6 Å². The van der Waals surface area contributed by atoms with Gasteiger partial charge in [-0.15, -0.1) is 0 Å². The van der Waals surface area contributed by atoms with E-state index in [-0.39, 0.29) is 12.5 Å². The number of hydrogen-bond donors (Lipinski definition) is 3. The minimum atomic E-state index is -0.228. The van der Waals surface area contributed by atoms with Crippen LogP contribution in [-0.4, -0.2) is 35.9 Å². The number of H-pyrrole nitrogens is 1. The SMILES string of the molecule is Nc1nc2cc(-c3ccn[nH]3)ccc2c2cn(CC(=O)Nc3ccccn3)nc12. The predicted molar refractivity (Wildman–Crippen MR) is 110 cm³/mol. The number of nitrogens with zero attached hydrogens (tertiary/aromatic N) is 5. The van der Waals surface area contributed by atoms with Crippen molar-refractivity contribution in [3.05, 3.63) is 61.1 Å². The van der Waals surface area contributed by atoms with Gasteiger partial charge < -0.3 is 11.1 Å². The van der Waals surface area contributed by atoms with Crippen molar-refractivity contribution in [3.63, 3.8) is 0 Å². The Hall–Kier alpha value is -4.27. The summed E-state index contributed by atoms with van der Waals surface area (Å²) < 4.78 is 1.56. The van der Waals surface area contributed by atoms with E-state index in [2.05, 4.69) is 30.6 Å². The number of nitrogens with two attached hydrogens (primary N) is 1. The van der Waals surface area contributed by atoms with Gasteiger partial charge >= 0.3 is 0 Å². The monoisotopic (exact) mass is 384 g/mol. The molecule has 0 aliphatic rings. The third kappa shape index (κ3) is 3.14. The number of pyridine rings is 2. The number of aromatic nitrogens is 6. The molecule has 0 fully saturated rings. The first-order valence-electron chi connectivity index (χ1n) is 8.94. The molecule has 4 N–H and O–H groups in total. The van der Waals surface area contributed by atoms with Crippen LogP contribution in [0.15, 0.2) is 61.1 Å². The second-order valence-corrected chi connectivity index (χ2v) is 6.55. The fraction of sp³-hybridized carbons (Fsp3) is 0.0500. The Balaban J connectivity index is 1.49. The number of benzene rings is 1. The zero-order chi connectivity index (χ0) is 19.8. The van der Waals surface area contributed by atoms with E-state index in [0.717, 1.165) is 27.5 Å². The van der Waals surface area contributed by atoms with Crippen molar-refractivity contribution in [3.8, 4) is 11.3 Å². The first-order chi connectivity index (χ1) is 14.2. The Morgan fingerprint density at radius 1 is 1.14 bits per heavy atom. The Labute approximate surface area is 164 Å². The lowest BCUT2D eigenvalue weighted by molar-refractivity contribution is -0.116. The van der Waals surface area contributed by atoms with Crippen LogP contribution in [0, 0.1) is 0 Å². The highest BCUT2D eigenvalue weighted by molar-refractivity contribution is 6.08. The molecule has 142 valence electrons. The first kappa shape index (κ1) is 16.9. The van der Waals surface area contributed by atoms with Gasteiger partial charge in [0.2, 0.25) is 5.91 Å². The number of rotatable bonds is 4. The van der Waals surface area contributed by atoms with Crippen LogP contribution >= 0.6 is 0 Å². The smallest absolute Gasteiger partial charge is 0.247 e. The number of amides is 1. The van der Waals surface area contributed by atoms with Crippen LogP contribution in [-0.2, 0) is 11.3 Å². The maximum Gasteiger partial charge on any atom is 0.247 e. The molecule has 0 saturated carbocycles. The Morgan fingerprint density at radius 2 is 2.07 bits per heavy atom. The van der Waals surface area contributed by atoms with E-state index < -0.39 is 0 Å². The van der Waals surface area contributed by atoms with E-state index in [9.17, 15) is 4.79 Å². The van der Waals surface area contributed by atoms with Crippen LogP contribution in [0.4, 0.5) is 11.6 Å². The molecule has 4 heterocycles. The van der Waals surface area contributed by atoms with Gasteiger partial charge in [0, 0.05) is 34.9 Å². The molecule has 29 heavy (non-hydrogen) atoms. The largest absolute Gasteiger partial charge is 0.382 e. The van der Waals surface area contributed by atoms with Crippen molar-refractivity contribution >= 4 is 39.3 Å². The van der Waals surface area contributed by atoms with Crippen LogP contribution in [0.2, 0.25) is 0 Å². The quantitative estimate of drug-likeness (QED) is 0.437. The van der Waals surface area contributed by atoms with Crippen LogP contribution in [0.1, 0.15) is 0 Å². The average Bonchev–Trinajstić information content (AvgIpc) is 3.39. The number of carbonyl (C=O) groups is 1. The number of aromatic amines is 1. The zero-order valence-electron chi connectivity index (χ0n) is 15.2. The van der Waals surface area contributed by atoms with Crippen LogP contribution in [0.5, 0.6) is 0 Å². The maximum absolute atomic E-state index is 12.3. The molecule has 1 aromatic carbocycles. The zero-order valence-corrected chi connectivity index (χ0v) is 15.2. The van der Waals surface area contributed by atoms with Gasteiger partial charge in [0.05, 0.1) is 11.2 Å². The fourth-order valence-corrected chi connectivity index (χ4v) is 3.27. The van der Waals surface area contributed by atoms with Crippen LogP contribution in [0.25, 0.3) is 33.1 Å². The highest BCUT2D eigenvalue weighted by Gasteiger charge is 2.14. The van der Waals surface area contributed by atoms with Gasteiger partial charge in [-0.2, -0.15) is 10.2 Å². The Bertz CT molecular complexity index is 1330. The van der Waals surface area contributed by atoms with Gasteiger partial charge in [-0.1, -0.05) is 18.2 Å². The Morgan fingerprint density at radius 3 is 2.86 bits per heavy atom. The van der Waals surface area contributed by atoms with Gasteiger partial charge in [-0.25, -0.2) is 9.97 Å². The molecule has 9 nitrogen and oxygen atoms in total. The summed E-state index contributed by atoms with van der Waals surface area (Å²) >= 11 is 0. The lowest BCUT2D eigenvalue weighted by Crippen LogP contribution is -2.19. The molecule has 5 aromatic rings. The molecular weight excluding hydrogens is 368 g/mol. The van der Waals surface area contributed by atoms with E-state index in [1.54, 1.807) is 35.3 Å². The summed E-state index contributed by atoms with van der Waals surface area (Å²) in [6, 6.07) is 13.1. The highest BCUT2D eigenvalue weighted by Crippen LogP contribution is 2.29. The molecule has 4 aromatic heterocycles. The van der Waals surface area contributed by atoms with Crippen molar-refractivity contribution < 1.29 is 4.79 Å². The lowest BCUT2D eigenvalue weighted by Gasteiger charge is -2.03. The third-order valence-corrected chi connectivity index (χ3v) is 4.58. The number of hydrogen-bond acceptors (Lipinski definition) is 6. The second kappa shape index (κ2) is 6.71. The van der Waals surface area contributed by atoms with Crippen LogP contribution in [0.3, 0.4) is 0 Å². The number of fused-ring (bicyclic) bond motifs is 3. The van der Waals surface area contributed by atoms with Crippen molar-refractivity contribution in [2.45, 2.75) is 6.54 Å².